The molecule has 0 unspecified atom stereocenters. The summed E-state index contributed by atoms with van der Waals surface area (Å²) in [6.45, 7) is 7.55. The topological polar surface area (TPSA) is 125 Å². The first-order valence-corrected chi connectivity index (χ1v) is 15.7. The van der Waals surface area contributed by atoms with Crippen LogP contribution in [0.5, 0.6) is 0 Å². The van der Waals surface area contributed by atoms with Crippen LogP contribution in [0.4, 0.5) is 0 Å². The number of aliphatic hydroxyl groups is 1. The molecule has 11 heteroatoms. The van der Waals surface area contributed by atoms with Crippen LogP contribution in [-0.2, 0) is 28.7 Å². The van der Waals surface area contributed by atoms with Crippen LogP contribution in [-0.4, -0.2) is 87.6 Å². The van der Waals surface area contributed by atoms with Gasteiger partial charge in [-0.1, -0.05) is 65.3 Å². The van der Waals surface area contributed by atoms with E-state index >= 15 is 0 Å². The molecule has 1 aromatic carbocycles. The lowest BCUT2D eigenvalue weighted by atomic mass is 9.74. The number of hydrogen-bond donors (Lipinski definition) is 2. The number of carbonyl (C=O) groups excluding carboxylic acids is 4. The maximum absolute atomic E-state index is 14.6. The van der Waals surface area contributed by atoms with Gasteiger partial charge in [-0.05, 0) is 45.3 Å². The molecule has 4 aliphatic rings. The van der Waals surface area contributed by atoms with Crippen molar-refractivity contribution in [3.8, 4) is 0 Å². The number of benzene rings is 1. The fraction of sp³-hybridized carbons (Fsp3) is 0.562. The number of rotatable bonds is 4. The third-order valence-corrected chi connectivity index (χ3v) is 9.61. The molecule has 1 spiro atoms. The highest BCUT2D eigenvalue weighted by atomic mass is 79.9. The molecule has 43 heavy (non-hydrogen) atoms. The van der Waals surface area contributed by atoms with Gasteiger partial charge < -0.3 is 29.7 Å². The van der Waals surface area contributed by atoms with E-state index in [1.807, 2.05) is 70.2 Å². The van der Waals surface area contributed by atoms with Crippen LogP contribution in [0.2, 0.25) is 0 Å². The second kappa shape index (κ2) is 12.2. The summed E-state index contributed by atoms with van der Waals surface area (Å²) >= 11 is 3.57. The summed E-state index contributed by atoms with van der Waals surface area (Å²) in [5.74, 6) is -3.67. The second-order valence-corrected chi connectivity index (χ2v) is 13.5. The number of amides is 3. The Labute approximate surface area is 260 Å². The lowest BCUT2D eigenvalue weighted by molar-refractivity contribution is -0.161. The molecule has 4 heterocycles. The zero-order valence-electron chi connectivity index (χ0n) is 25.0. The van der Waals surface area contributed by atoms with Crippen molar-refractivity contribution in [2.45, 2.75) is 82.4 Å². The highest BCUT2D eigenvalue weighted by Crippen LogP contribution is 2.59. The smallest absolute Gasteiger partial charge is 0.313 e. The molecule has 2 saturated heterocycles. The van der Waals surface area contributed by atoms with E-state index in [2.05, 4.69) is 21.2 Å². The number of allylic oxidation sites excluding steroid dienone is 1. The van der Waals surface area contributed by atoms with Gasteiger partial charge >= 0.3 is 5.97 Å². The Morgan fingerprint density at radius 1 is 1.12 bits per heavy atom. The molecule has 10 nitrogen and oxygen atoms in total. The quantitative estimate of drug-likeness (QED) is 0.377. The molecule has 4 aliphatic heterocycles. The van der Waals surface area contributed by atoms with Crippen molar-refractivity contribution in [1.82, 2.24) is 15.1 Å². The van der Waals surface area contributed by atoms with Crippen LogP contribution in [0.25, 0.3) is 0 Å². The van der Waals surface area contributed by atoms with Crippen molar-refractivity contribution in [2.75, 3.05) is 19.7 Å². The first-order valence-electron chi connectivity index (χ1n) is 14.9. The Hall–Kier alpha value is -3.02. The van der Waals surface area contributed by atoms with Crippen LogP contribution >= 0.6 is 15.9 Å². The molecule has 5 bridgehead atoms. The number of carbonyl (C=O) groups is 4. The van der Waals surface area contributed by atoms with Crippen LogP contribution in [0.1, 0.15) is 58.6 Å². The molecule has 5 rings (SSSR count). The molecule has 7 atom stereocenters. The maximum atomic E-state index is 14.6. The summed E-state index contributed by atoms with van der Waals surface area (Å²) in [5, 5.41) is 13.2. The van der Waals surface area contributed by atoms with Crippen molar-refractivity contribution in [1.29, 1.82) is 0 Å². The molecule has 2 N–H and O–H groups in total. The average Bonchev–Trinajstić information content (AvgIpc) is 3.56. The number of hydrogen-bond acceptors (Lipinski definition) is 7. The molecule has 232 valence electrons. The largest absolute Gasteiger partial charge is 0.455 e. The van der Waals surface area contributed by atoms with E-state index in [1.54, 1.807) is 11.0 Å². The summed E-state index contributed by atoms with van der Waals surface area (Å²) in [7, 11) is 0. The van der Waals surface area contributed by atoms with Crippen LogP contribution in [0, 0.1) is 11.8 Å². The first-order chi connectivity index (χ1) is 20.4. The Kier molecular flexibility index (Phi) is 8.89. The predicted molar refractivity (Wildman–Crippen MR) is 162 cm³/mol. The Morgan fingerprint density at radius 3 is 2.49 bits per heavy atom. The van der Waals surface area contributed by atoms with Gasteiger partial charge in [0.2, 0.25) is 17.7 Å². The standard InChI is InChI=1S/C32H40BrN3O7/c1-5-20(18-37)36-27-29(40)35(31(2,3)4)15-11-7-10-14-23(38)34-17-22(19-12-8-6-9-13-19)42-30(41)24-25(28(36)39)32(27)16-21(33)26(24)43-32/h6-9,11-13,16,20,22,24-27,37H,5,10,14-15,17-18H2,1-4H3,(H,34,38)/b11-7-/t20-,22+,24+,25-,26+,27+,32-/m0/s1. The zero-order chi connectivity index (χ0) is 31.1. The maximum Gasteiger partial charge on any atom is 0.313 e. The van der Waals surface area contributed by atoms with E-state index in [0.29, 0.717) is 22.9 Å². The third kappa shape index (κ3) is 5.55. The minimum absolute atomic E-state index is 0.0603. The molecular weight excluding hydrogens is 618 g/mol. The average molecular weight is 659 g/mol. The van der Waals surface area contributed by atoms with Crippen molar-refractivity contribution < 1.29 is 33.8 Å². The Balaban J connectivity index is 1.63. The normalized spacial score (nSPS) is 33.2. The molecule has 2 fully saturated rings. The lowest BCUT2D eigenvalue weighted by Gasteiger charge is -2.42. The molecule has 0 aromatic heterocycles. The zero-order valence-corrected chi connectivity index (χ0v) is 26.6. The van der Waals surface area contributed by atoms with Crippen LogP contribution in [0.3, 0.4) is 0 Å². The van der Waals surface area contributed by atoms with E-state index in [4.69, 9.17) is 9.47 Å². The summed E-state index contributed by atoms with van der Waals surface area (Å²) in [6.07, 6.45) is 4.96. The number of fused-ring (bicyclic) bond motifs is 2. The van der Waals surface area contributed by atoms with Crippen molar-refractivity contribution >= 4 is 39.6 Å². The van der Waals surface area contributed by atoms with Gasteiger partial charge in [0.1, 0.15) is 29.8 Å². The van der Waals surface area contributed by atoms with Gasteiger partial charge in [0.15, 0.2) is 0 Å². The number of likely N-dealkylation sites (tertiary alicyclic amines) is 1. The minimum Gasteiger partial charge on any atom is -0.455 e. The molecule has 0 aliphatic carbocycles. The second-order valence-electron chi connectivity index (χ2n) is 12.6. The van der Waals surface area contributed by atoms with Crippen molar-refractivity contribution in [3.63, 3.8) is 0 Å². The molecule has 0 saturated carbocycles. The SMILES string of the molecule is CC[C@@H](CO)N1C(=O)[C@@H]2[C@H]3C(=O)O[C@@H](c4ccccc4)CNC(=O)CC/C=C\CN(C(C)(C)C)C(=O)[C@@H]1[C@]21C=C(Br)[C@H]3O1. The number of ether oxygens (including phenoxy) is 2. The van der Waals surface area contributed by atoms with Crippen LogP contribution < -0.4 is 5.32 Å². The molecule has 3 amide bonds. The highest BCUT2D eigenvalue weighted by Gasteiger charge is 2.75. The van der Waals surface area contributed by atoms with E-state index in [1.165, 1.54) is 4.90 Å². The van der Waals surface area contributed by atoms with Gasteiger partial charge in [0.05, 0.1) is 25.1 Å². The van der Waals surface area contributed by atoms with E-state index in [-0.39, 0.29) is 37.9 Å². The lowest BCUT2D eigenvalue weighted by Crippen LogP contribution is -2.61. The minimum atomic E-state index is -1.43. The van der Waals surface area contributed by atoms with Crippen molar-refractivity contribution in [2.24, 2.45) is 11.8 Å². The highest BCUT2D eigenvalue weighted by molar-refractivity contribution is 9.11. The van der Waals surface area contributed by atoms with E-state index < -0.39 is 59.1 Å². The molecule has 0 radical (unpaired) electrons. The summed E-state index contributed by atoms with van der Waals surface area (Å²) in [6, 6.07) is 7.37. The van der Waals surface area contributed by atoms with Crippen LogP contribution in [0.15, 0.2) is 53.0 Å². The Morgan fingerprint density at radius 2 is 1.84 bits per heavy atom. The number of nitrogens with one attached hydrogen (secondary N) is 1. The summed E-state index contributed by atoms with van der Waals surface area (Å²) in [5.41, 5.74) is -1.37. The van der Waals surface area contributed by atoms with Gasteiger partial charge in [-0.15, -0.1) is 0 Å². The fourth-order valence-electron chi connectivity index (χ4n) is 6.78. The van der Waals surface area contributed by atoms with Gasteiger partial charge in [-0.2, -0.15) is 0 Å². The summed E-state index contributed by atoms with van der Waals surface area (Å²) < 4.78 is 13.2. The number of cyclic esters (lactones) is 1. The number of aliphatic hydroxyl groups excluding tert-OH is 1. The fourth-order valence-corrected chi connectivity index (χ4v) is 7.51. The number of esters is 1. The van der Waals surface area contributed by atoms with Crippen molar-refractivity contribution in [3.05, 3.63) is 58.6 Å². The van der Waals surface area contributed by atoms with E-state index in [0.717, 1.165) is 0 Å². The summed E-state index contributed by atoms with van der Waals surface area (Å²) in [4.78, 5) is 58.9. The van der Waals surface area contributed by atoms with Gasteiger partial charge in [0, 0.05) is 23.0 Å². The first kappa shape index (κ1) is 31.4. The molecule has 1 aromatic rings. The monoisotopic (exact) mass is 657 g/mol. The number of halogens is 1. The Bertz CT molecular complexity index is 1320. The van der Waals surface area contributed by atoms with Gasteiger partial charge in [-0.25, -0.2) is 0 Å². The van der Waals surface area contributed by atoms with Gasteiger partial charge in [-0.3, -0.25) is 19.2 Å². The number of nitrogens with zero attached hydrogens (tertiary/aromatic N) is 2. The van der Waals surface area contributed by atoms with E-state index in [9.17, 15) is 24.3 Å². The van der Waals surface area contributed by atoms with Gasteiger partial charge in [0.25, 0.3) is 0 Å². The third-order valence-electron chi connectivity index (χ3n) is 8.93. The predicted octanol–water partition coefficient (Wildman–Crippen LogP) is 3.01. The molecular formula is C32H40BrN3O7.